The van der Waals surface area contributed by atoms with E-state index in [1.54, 1.807) is 0 Å². The largest absolute Gasteiger partial charge is 0.491 e. The van der Waals surface area contributed by atoms with Gasteiger partial charge in [0.2, 0.25) is 5.91 Å². The number of rotatable bonds is 6. The molecule has 1 aromatic rings. The molecule has 1 amide bonds. The molecular formula is C14H20N2O2. The van der Waals surface area contributed by atoms with Crippen molar-refractivity contribution in [3.63, 3.8) is 0 Å². The van der Waals surface area contributed by atoms with Crippen molar-refractivity contribution in [2.45, 2.75) is 25.8 Å². The van der Waals surface area contributed by atoms with Crippen LogP contribution in [0.3, 0.4) is 0 Å². The summed E-state index contributed by atoms with van der Waals surface area (Å²) in [6.07, 6.45) is 2.19. The summed E-state index contributed by atoms with van der Waals surface area (Å²) in [7, 11) is 0. The molecule has 0 saturated heterocycles. The van der Waals surface area contributed by atoms with E-state index in [-0.39, 0.29) is 12.5 Å². The SMILES string of the molecule is Cc1ccccc1OCCN(C(=O)CN)C1CC1. The fourth-order valence-electron chi connectivity index (χ4n) is 1.99. The maximum Gasteiger partial charge on any atom is 0.236 e. The van der Waals surface area contributed by atoms with E-state index in [0.29, 0.717) is 19.2 Å². The van der Waals surface area contributed by atoms with E-state index >= 15 is 0 Å². The topological polar surface area (TPSA) is 55.6 Å². The van der Waals surface area contributed by atoms with E-state index in [0.717, 1.165) is 24.2 Å². The van der Waals surface area contributed by atoms with Crippen LogP contribution in [-0.2, 0) is 4.79 Å². The van der Waals surface area contributed by atoms with Gasteiger partial charge in [-0.1, -0.05) is 18.2 Å². The minimum Gasteiger partial charge on any atom is -0.491 e. The molecule has 0 heterocycles. The third kappa shape index (κ3) is 3.23. The minimum absolute atomic E-state index is 0.0193. The van der Waals surface area contributed by atoms with Gasteiger partial charge in [-0.05, 0) is 31.4 Å². The first-order valence-electron chi connectivity index (χ1n) is 6.40. The number of carbonyl (C=O) groups is 1. The summed E-state index contributed by atoms with van der Waals surface area (Å²) in [4.78, 5) is 13.5. The number of aryl methyl sites for hydroxylation is 1. The zero-order valence-corrected chi connectivity index (χ0v) is 10.8. The standard InChI is InChI=1S/C14H20N2O2/c1-11-4-2-3-5-13(11)18-9-8-16(12-6-7-12)14(17)10-15/h2-5,12H,6-10,15H2,1H3. The fraction of sp³-hybridized carbons (Fsp3) is 0.500. The first-order chi connectivity index (χ1) is 8.72. The molecule has 18 heavy (non-hydrogen) atoms. The van der Waals surface area contributed by atoms with Crippen LogP contribution < -0.4 is 10.5 Å². The highest BCUT2D eigenvalue weighted by atomic mass is 16.5. The smallest absolute Gasteiger partial charge is 0.236 e. The Morgan fingerprint density at radius 3 is 2.78 bits per heavy atom. The van der Waals surface area contributed by atoms with Crippen LogP contribution >= 0.6 is 0 Å². The summed E-state index contributed by atoms with van der Waals surface area (Å²) in [5, 5.41) is 0. The van der Waals surface area contributed by atoms with Gasteiger partial charge in [0, 0.05) is 6.04 Å². The number of hydrogen-bond donors (Lipinski definition) is 1. The van der Waals surface area contributed by atoms with Crippen molar-refractivity contribution in [1.29, 1.82) is 0 Å². The quantitative estimate of drug-likeness (QED) is 0.826. The van der Waals surface area contributed by atoms with Crippen molar-refractivity contribution >= 4 is 5.91 Å². The van der Waals surface area contributed by atoms with Gasteiger partial charge < -0.3 is 15.4 Å². The van der Waals surface area contributed by atoms with Gasteiger partial charge in [0.25, 0.3) is 0 Å². The van der Waals surface area contributed by atoms with E-state index in [4.69, 9.17) is 10.5 Å². The van der Waals surface area contributed by atoms with Crippen molar-refractivity contribution < 1.29 is 9.53 Å². The molecular weight excluding hydrogens is 228 g/mol. The van der Waals surface area contributed by atoms with E-state index in [1.165, 1.54) is 0 Å². The number of amides is 1. The lowest BCUT2D eigenvalue weighted by molar-refractivity contribution is -0.130. The molecule has 2 N–H and O–H groups in total. The molecule has 1 aromatic carbocycles. The van der Waals surface area contributed by atoms with Crippen molar-refractivity contribution in [3.8, 4) is 5.75 Å². The van der Waals surface area contributed by atoms with Crippen LogP contribution in [0.25, 0.3) is 0 Å². The normalized spacial score (nSPS) is 14.3. The highest BCUT2D eigenvalue weighted by Crippen LogP contribution is 2.26. The monoisotopic (exact) mass is 248 g/mol. The van der Waals surface area contributed by atoms with Gasteiger partial charge >= 0.3 is 0 Å². The molecule has 1 aliphatic carbocycles. The number of nitrogens with zero attached hydrogens (tertiary/aromatic N) is 1. The first-order valence-corrected chi connectivity index (χ1v) is 6.40. The molecule has 0 spiro atoms. The zero-order chi connectivity index (χ0) is 13.0. The highest BCUT2D eigenvalue weighted by Gasteiger charge is 2.31. The van der Waals surface area contributed by atoms with Gasteiger partial charge in [-0.15, -0.1) is 0 Å². The third-order valence-electron chi connectivity index (χ3n) is 3.17. The molecule has 0 aromatic heterocycles. The number of benzene rings is 1. The Kier molecular flexibility index (Phi) is 4.20. The second kappa shape index (κ2) is 5.87. The summed E-state index contributed by atoms with van der Waals surface area (Å²) < 4.78 is 5.71. The van der Waals surface area contributed by atoms with Crippen LogP contribution in [0.5, 0.6) is 5.75 Å². The van der Waals surface area contributed by atoms with Crippen molar-refractivity contribution in [2.75, 3.05) is 19.7 Å². The molecule has 0 bridgehead atoms. The summed E-state index contributed by atoms with van der Waals surface area (Å²) in [6, 6.07) is 8.28. The highest BCUT2D eigenvalue weighted by molar-refractivity contribution is 5.78. The summed E-state index contributed by atoms with van der Waals surface area (Å²) in [5.41, 5.74) is 6.53. The Labute approximate surface area is 108 Å². The Balaban J connectivity index is 1.83. The number of ether oxygens (including phenoxy) is 1. The average molecular weight is 248 g/mol. The van der Waals surface area contributed by atoms with Crippen LogP contribution in [0.2, 0.25) is 0 Å². The predicted octanol–water partition coefficient (Wildman–Crippen LogP) is 1.32. The fourth-order valence-corrected chi connectivity index (χ4v) is 1.99. The van der Waals surface area contributed by atoms with Crippen LogP contribution in [0.15, 0.2) is 24.3 Å². The lowest BCUT2D eigenvalue weighted by Crippen LogP contribution is -2.40. The van der Waals surface area contributed by atoms with Gasteiger partial charge in [0.1, 0.15) is 12.4 Å². The molecule has 4 heteroatoms. The molecule has 1 saturated carbocycles. The van der Waals surface area contributed by atoms with Crippen molar-refractivity contribution in [2.24, 2.45) is 5.73 Å². The maximum absolute atomic E-state index is 11.6. The lowest BCUT2D eigenvalue weighted by atomic mass is 10.2. The van der Waals surface area contributed by atoms with E-state index < -0.39 is 0 Å². The van der Waals surface area contributed by atoms with Crippen LogP contribution in [0.4, 0.5) is 0 Å². The molecule has 0 unspecified atom stereocenters. The number of carbonyl (C=O) groups excluding carboxylic acids is 1. The lowest BCUT2D eigenvalue weighted by Gasteiger charge is -2.22. The summed E-state index contributed by atoms with van der Waals surface area (Å²) in [6.45, 7) is 3.24. The Hall–Kier alpha value is -1.55. The van der Waals surface area contributed by atoms with Gasteiger partial charge in [0.15, 0.2) is 0 Å². The Bertz CT molecular complexity index is 416. The zero-order valence-electron chi connectivity index (χ0n) is 10.8. The third-order valence-corrected chi connectivity index (χ3v) is 3.17. The molecule has 0 aliphatic heterocycles. The van der Waals surface area contributed by atoms with Crippen LogP contribution in [-0.4, -0.2) is 36.5 Å². The summed E-state index contributed by atoms with van der Waals surface area (Å²) >= 11 is 0. The van der Waals surface area contributed by atoms with E-state index in [9.17, 15) is 4.79 Å². The molecule has 1 fully saturated rings. The van der Waals surface area contributed by atoms with Gasteiger partial charge in [0.05, 0.1) is 13.1 Å². The number of para-hydroxylation sites is 1. The summed E-state index contributed by atoms with van der Waals surface area (Å²) in [5.74, 6) is 0.902. The number of nitrogens with two attached hydrogens (primary N) is 1. The molecule has 98 valence electrons. The second-order valence-electron chi connectivity index (χ2n) is 4.64. The van der Waals surface area contributed by atoms with E-state index in [1.807, 2.05) is 36.1 Å². The van der Waals surface area contributed by atoms with Crippen molar-refractivity contribution in [1.82, 2.24) is 4.90 Å². The predicted molar refractivity (Wildman–Crippen MR) is 70.5 cm³/mol. The molecule has 1 aliphatic rings. The van der Waals surface area contributed by atoms with Crippen molar-refractivity contribution in [3.05, 3.63) is 29.8 Å². The van der Waals surface area contributed by atoms with Gasteiger partial charge in [-0.25, -0.2) is 0 Å². The van der Waals surface area contributed by atoms with Gasteiger partial charge in [-0.2, -0.15) is 0 Å². The second-order valence-corrected chi connectivity index (χ2v) is 4.64. The maximum atomic E-state index is 11.6. The van der Waals surface area contributed by atoms with Crippen LogP contribution in [0, 0.1) is 6.92 Å². The van der Waals surface area contributed by atoms with Crippen LogP contribution in [0.1, 0.15) is 18.4 Å². The van der Waals surface area contributed by atoms with E-state index in [2.05, 4.69) is 0 Å². The van der Waals surface area contributed by atoms with Gasteiger partial charge in [-0.3, -0.25) is 4.79 Å². The number of hydrogen-bond acceptors (Lipinski definition) is 3. The first kappa shape index (κ1) is 12.9. The Morgan fingerprint density at radius 2 is 2.17 bits per heavy atom. The molecule has 4 nitrogen and oxygen atoms in total. The minimum atomic E-state index is 0.0193. The Morgan fingerprint density at radius 1 is 1.44 bits per heavy atom. The average Bonchev–Trinajstić information content (AvgIpc) is 3.20. The molecule has 2 rings (SSSR count). The molecule has 0 radical (unpaired) electrons. The molecule has 0 atom stereocenters.